The Kier molecular flexibility index (Phi) is 3.78. The number of alkyl halides is 2. The topological polar surface area (TPSA) is 39.4 Å². The minimum absolute atomic E-state index is 0.0586. The number of ether oxygens (including phenoxy) is 1. The molecule has 0 spiro atoms. The number of rotatable bonds is 4. The molecule has 1 aromatic heterocycles. The molecule has 0 unspecified atom stereocenters. The molecule has 1 fully saturated rings. The minimum Gasteiger partial charge on any atom is -0.493 e. The van der Waals surface area contributed by atoms with Crippen LogP contribution in [0.5, 0.6) is 5.75 Å². The van der Waals surface area contributed by atoms with E-state index in [-0.39, 0.29) is 11.3 Å². The molecule has 2 aromatic carbocycles. The van der Waals surface area contributed by atoms with Gasteiger partial charge in [-0.05, 0) is 24.1 Å². The highest BCUT2D eigenvalue weighted by Crippen LogP contribution is 2.53. The van der Waals surface area contributed by atoms with Gasteiger partial charge in [-0.3, -0.25) is 4.79 Å². The third kappa shape index (κ3) is 2.90. The second kappa shape index (κ2) is 5.83. The normalized spacial score (nSPS) is 18.5. The van der Waals surface area contributed by atoms with Crippen LogP contribution in [0.1, 0.15) is 6.42 Å². The molecule has 3 aromatic rings. The fraction of sp³-hybridized carbons (Fsp3) is 0.211. The van der Waals surface area contributed by atoms with E-state index in [0.717, 1.165) is 12.0 Å². The Bertz CT molecular complexity index is 948. The summed E-state index contributed by atoms with van der Waals surface area (Å²) in [5, 5.41) is 0.527. The van der Waals surface area contributed by atoms with E-state index in [9.17, 15) is 4.79 Å². The van der Waals surface area contributed by atoms with Crippen molar-refractivity contribution in [2.45, 2.75) is 10.8 Å². The molecular weight excluding hydrogens is 347 g/mol. The zero-order chi connectivity index (χ0) is 16.7. The van der Waals surface area contributed by atoms with E-state index < -0.39 is 4.33 Å². The Morgan fingerprint density at radius 1 is 1.17 bits per heavy atom. The van der Waals surface area contributed by atoms with Crippen molar-refractivity contribution in [3.63, 3.8) is 0 Å². The Labute approximate surface area is 148 Å². The summed E-state index contributed by atoms with van der Waals surface area (Å²) in [6.45, 7) is 0.449. The second-order valence-electron chi connectivity index (χ2n) is 5.98. The van der Waals surface area contributed by atoms with Gasteiger partial charge in [0.2, 0.25) is 0 Å². The summed E-state index contributed by atoms with van der Waals surface area (Å²) >= 11 is 12.0. The van der Waals surface area contributed by atoms with Gasteiger partial charge in [-0.1, -0.05) is 30.3 Å². The summed E-state index contributed by atoms with van der Waals surface area (Å²) in [5.41, 5.74) is 1.82. The smallest absolute Gasteiger partial charge is 0.200 e. The first kappa shape index (κ1) is 15.6. The van der Waals surface area contributed by atoms with E-state index in [1.165, 1.54) is 6.26 Å². The molecule has 0 aliphatic heterocycles. The SMILES string of the molecule is O=c1c(-c2ccccc2)coc2cc(OC[C@@H]3CC3(Cl)Cl)ccc12. The molecule has 5 heteroatoms. The standard InChI is InChI=1S/C19H14Cl2O3/c20-19(21)9-13(19)10-23-14-6-7-15-17(8-14)24-11-16(18(15)22)12-4-2-1-3-5-12/h1-8,11,13H,9-10H2/t13-/m0/s1. The first-order valence-corrected chi connectivity index (χ1v) is 8.42. The van der Waals surface area contributed by atoms with Crippen molar-refractivity contribution in [1.29, 1.82) is 0 Å². The van der Waals surface area contributed by atoms with Crippen molar-refractivity contribution in [3.8, 4) is 16.9 Å². The van der Waals surface area contributed by atoms with Gasteiger partial charge in [0, 0.05) is 12.0 Å². The summed E-state index contributed by atoms with van der Waals surface area (Å²) in [4.78, 5) is 12.7. The highest BCUT2D eigenvalue weighted by Gasteiger charge is 2.52. The van der Waals surface area contributed by atoms with Crippen molar-refractivity contribution in [1.82, 2.24) is 0 Å². The predicted molar refractivity (Wildman–Crippen MR) is 96.0 cm³/mol. The number of hydrogen-bond acceptors (Lipinski definition) is 3. The molecule has 1 aliphatic carbocycles. The molecule has 1 aliphatic rings. The number of fused-ring (bicyclic) bond motifs is 1. The second-order valence-corrected chi connectivity index (χ2v) is 7.52. The van der Waals surface area contributed by atoms with Crippen LogP contribution in [0.2, 0.25) is 0 Å². The average Bonchev–Trinajstić information content (AvgIpc) is 3.21. The molecule has 0 N–H and O–H groups in total. The van der Waals surface area contributed by atoms with E-state index in [2.05, 4.69) is 0 Å². The van der Waals surface area contributed by atoms with Gasteiger partial charge in [0.1, 0.15) is 21.9 Å². The van der Waals surface area contributed by atoms with Crippen LogP contribution in [-0.2, 0) is 0 Å². The molecule has 3 nitrogen and oxygen atoms in total. The third-order valence-electron chi connectivity index (χ3n) is 4.24. The lowest BCUT2D eigenvalue weighted by molar-refractivity contribution is 0.298. The van der Waals surface area contributed by atoms with Crippen molar-refractivity contribution in [2.24, 2.45) is 5.92 Å². The molecule has 0 bridgehead atoms. The van der Waals surface area contributed by atoms with Gasteiger partial charge in [0.25, 0.3) is 0 Å². The number of benzene rings is 2. The Balaban J connectivity index is 1.63. The lowest BCUT2D eigenvalue weighted by atomic mass is 10.1. The maximum absolute atomic E-state index is 12.7. The van der Waals surface area contributed by atoms with Crippen LogP contribution in [0.4, 0.5) is 0 Å². The molecular formula is C19H14Cl2O3. The molecule has 1 heterocycles. The van der Waals surface area contributed by atoms with E-state index >= 15 is 0 Å². The van der Waals surface area contributed by atoms with Crippen LogP contribution >= 0.6 is 23.2 Å². The van der Waals surface area contributed by atoms with Crippen LogP contribution < -0.4 is 10.2 Å². The Morgan fingerprint density at radius 3 is 2.62 bits per heavy atom. The highest BCUT2D eigenvalue weighted by molar-refractivity contribution is 6.50. The van der Waals surface area contributed by atoms with E-state index in [0.29, 0.717) is 28.9 Å². The van der Waals surface area contributed by atoms with Crippen molar-refractivity contribution >= 4 is 34.2 Å². The van der Waals surface area contributed by atoms with Gasteiger partial charge >= 0.3 is 0 Å². The average molecular weight is 361 g/mol. The van der Waals surface area contributed by atoms with Crippen molar-refractivity contribution in [2.75, 3.05) is 6.61 Å². The van der Waals surface area contributed by atoms with Gasteiger partial charge < -0.3 is 9.15 Å². The van der Waals surface area contributed by atoms with Crippen LogP contribution in [-0.4, -0.2) is 10.9 Å². The highest BCUT2D eigenvalue weighted by atomic mass is 35.5. The number of hydrogen-bond donors (Lipinski definition) is 0. The van der Waals surface area contributed by atoms with Crippen molar-refractivity contribution in [3.05, 3.63) is 65.0 Å². The molecule has 24 heavy (non-hydrogen) atoms. The molecule has 1 atom stereocenters. The Hall–Kier alpha value is -1.97. The fourth-order valence-corrected chi connectivity index (χ4v) is 3.16. The van der Waals surface area contributed by atoms with Gasteiger partial charge in [-0.15, -0.1) is 23.2 Å². The first-order valence-electron chi connectivity index (χ1n) is 7.66. The molecule has 0 radical (unpaired) electrons. The molecule has 0 saturated heterocycles. The van der Waals surface area contributed by atoms with Crippen LogP contribution in [0.3, 0.4) is 0 Å². The molecule has 4 rings (SSSR count). The predicted octanol–water partition coefficient (Wildman–Crippen LogP) is 5.03. The van der Waals surface area contributed by atoms with E-state index in [1.807, 2.05) is 30.3 Å². The van der Waals surface area contributed by atoms with Gasteiger partial charge in [0.05, 0.1) is 17.6 Å². The molecule has 122 valence electrons. The summed E-state index contributed by atoms with van der Waals surface area (Å²) in [6, 6.07) is 14.7. The van der Waals surface area contributed by atoms with Gasteiger partial charge in [-0.2, -0.15) is 0 Å². The number of halogens is 2. The minimum atomic E-state index is -0.659. The maximum Gasteiger partial charge on any atom is 0.200 e. The first-order chi connectivity index (χ1) is 11.5. The van der Waals surface area contributed by atoms with Gasteiger partial charge in [-0.25, -0.2) is 0 Å². The lowest BCUT2D eigenvalue weighted by Crippen LogP contribution is -2.06. The van der Waals surface area contributed by atoms with E-state index in [1.54, 1.807) is 18.2 Å². The molecule has 1 saturated carbocycles. The monoisotopic (exact) mass is 360 g/mol. The quantitative estimate of drug-likeness (QED) is 0.612. The fourth-order valence-electron chi connectivity index (χ4n) is 2.66. The largest absolute Gasteiger partial charge is 0.493 e. The maximum atomic E-state index is 12.7. The molecule has 0 amide bonds. The summed E-state index contributed by atoms with van der Waals surface area (Å²) in [5.74, 6) is 0.776. The zero-order valence-corrected chi connectivity index (χ0v) is 14.2. The van der Waals surface area contributed by atoms with E-state index in [4.69, 9.17) is 32.4 Å². The third-order valence-corrected chi connectivity index (χ3v) is 5.16. The Morgan fingerprint density at radius 2 is 1.92 bits per heavy atom. The van der Waals surface area contributed by atoms with Crippen LogP contribution in [0.15, 0.2) is 64.0 Å². The lowest BCUT2D eigenvalue weighted by Gasteiger charge is -2.07. The summed E-state index contributed by atoms with van der Waals surface area (Å²) in [6.07, 6.45) is 2.23. The van der Waals surface area contributed by atoms with Gasteiger partial charge in [0.15, 0.2) is 5.43 Å². The zero-order valence-electron chi connectivity index (χ0n) is 12.7. The summed E-state index contributed by atoms with van der Waals surface area (Å²) < 4.78 is 10.7. The summed E-state index contributed by atoms with van der Waals surface area (Å²) in [7, 11) is 0. The van der Waals surface area contributed by atoms with Crippen molar-refractivity contribution < 1.29 is 9.15 Å². The van der Waals surface area contributed by atoms with Crippen LogP contribution in [0.25, 0.3) is 22.1 Å². The van der Waals surface area contributed by atoms with Crippen LogP contribution in [0, 0.1) is 5.92 Å².